The van der Waals surface area contributed by atoms with E-state index in [2.05, 4.69) is 0 Å². The molecule has 1 amide bonds. The van der Waals surface area contributed by atoms with Gasteiger partial charge in [0.05, 0.1) is 36.9 Å². The summed E-state index contributed by atoms with van der Waals surface area (Å²) >= 11 is 0. The summed E-state index contributed by atoms with van der Waals surface area (Å²) in [6.45, 7) is 2.13. The number of methoxy groups -OCH3 is 1. The molecule has 0 spiro atoms. The fourth-order valence-corrected chi connectivity index (χ4v) is 4.03. The molecule has 4 aromatic rings. The summed E-state index contributed by atoms with van der Waals surface area (Å²) < 4.78 is 16.8. The predicted molar refractivity (Wildman–Crippen MR) is 111 cm³/mol. The Hall–Kier alpha value is -3.80. The first-order valence-electron chi connectivity index (χ1n) is 9.61. The molecule has 30 heavy (non-hydrogen) atoms. The number of fused-ring (bicyclic) bond motifs is 2. The van der Waals surface area contributed by atoms with Crippen molar-refractivity contribution in [1.82, 2.24) is 4.90 Å². The van der Waals surface area contributed by atoms with E-state index in [1.807, 2.05) is 37.3 Å². The monoisotopic (exact) mass is 401 g/mol. The second-order valence-corrected chi connectivity index (χ2v) is 7.37. The lowest BCUT2D eigenvalue weighted by Gasteiger charge is -2.24. The van der Waals surface area contributed by atoms with Crippen molar-refractivity contribution in [3.63, 3.8) is 0 Å². The molecule has 0 N–H and O–H groups in total. The molecule has 1 aliphatic heterocycles. The van der Waals surface area contributed by atoms with E-state index < -0.39 is 6.04 Å². The summed E-state index contributed by atoms with van der Waals surface area (Å²) in [7, 11) is 1.58. The number of aryl methyl sites for hydroxylation is 1. The zero-order valence-electron chi connectivity index (χ0n) is 16.5. The molecule has 5 rings (SSSR count). The molecule has 0 saturated heterocycles. The maximum Gasteiger partial charge on any atom is 0.291 e. The summed E-state index contributed by atoms with van der Waals surface area (Å²) in [6, 6.07) is 15.7. The zero-order chi connectivity index (χ0) is 20.8. The fourth-order valence-electron chi connectivity index (χ4n) is 4.03. The van der Waals surface area contributed by atoms with Crippen LogP contribution in [0.25, 0.3) is 11.0 Å². The maximum atomic E-state index is 13.5. The summed E-state index contributed by atoms with van der Waals surface area (Å²) in [5.74, 6) is 1.01. The highest BCUT2D eigenvalue weighted by Gasteiger charge is 2.43. The van der Waals surface area contributed by atoms with E-state index in [9.17, 15) is 9.59 Å². The van der Waals surface area contributed by atoms with Crippen molar-refractivity contribution >= 4 is 16.9 Å². The Kier molecular flexibility index (Phi) is 4.20. The number of amides is 1. The van der Waals surface area contributed by atoms with E-state index in [0.717, 1.165) is 11.1 Å². The lowest BCUT2D eigenvalue weighted by Crippen LogP contribution is -2.29. The molecule has 3 heterocycles. The summed E-state index contributed by atoms with van der Waals surface area (Å²) in [5.41, 5.74) is 2.27. The van der Waals surface area contributed by atoms with Gasteiger partial charge in [-0.25, -0.2) is 0 Å². The van der Waals surface area contributed by atoms with Crippen LogP contribution in [0.4, 0.5) is 0 Å². The highest BCUT2D eigenvalue weighted by Crippen LogP contribution is 2.40. The van der Waals surface area contributed by atoms with Crippen molar-refractivity contribution < 1.29 is 18.4 Å². The molecule has 0 bridgehead atoms. The molecule has 1 aliphatic rings. The molecule has 1 unspecified atom stereocenters. The Bertz CT molecular complexity index is 1320. The summed E-state index contributed by atoms with van der Waals surface area (Å²) in [4.78, 5) is 28.5. The molecule has 0 radical (unpaired) electrons. The van der Waals surface area contributed by atoms with Crippen LogP contribution in [0.5, 0.6) is 5.75 Å². The van der Waals surface area contributed by atoms with Gasteiger partial charge in [0.25, 0.3) is 5.91 Å². The molecule has 6 nitrogen and oxygen atoms in total. The van der Waals surface area contributed by atoms with E-state index in [1.165, 1.54) is 0 Å². The smallest absolute Gasteiger partial charge is 0.291 e. The number of carbonyl (C=O) groups is 1. The Morgan fingerprint density at radius 1 is 1.07 bits per heavy atom. The van der Waals surface area contributed by atoms with Gasteiger partial charge < -0.3 is 18.5 Å². The number of carbonyl (C=O) groups excluding carboxylic acids is 1. The first-order valence-corrected chi connectivity index (χ1v) is 9.61. The van der Waals surface area contributed by atoms with Gasteiger partial charge >= 0.3 is 0 Å². The third-order valence-corrected chi connectivity index (χ3v) is 5.44. The molecule has 2 aromatic carbocycles. The lowest BCUT2D eigenvalue weighted by molar-refractivity contribution is 0.0701. The lowest BCUT2D eigenvalue weighted by atomic mass is 9.98. The van der Waals surface area contributed by atoms with Gasteiger partial charge in [0, 0.05) is 0 Å². The van der Waals surface area contributed by atoms with Crippen molar-refractivity contribution in [3.05, 3.63) is 99.3 Å². The van der Waals surface area contributed by atoms with Gasteiger partial charge in [-0.05, 0) is 48.9 Å². The van der Waals surface area contributed by atoms with Gasteiger partial charge in [-0.1, -0.05) is 23.8 Å². The van der Waals surface area contributed by atoms with Crippen LogP contribution in [0.1, 0.15) is 39.0 Å². The average Bonchev–Trinajstić information content (AvgIpc) is 3.36. The number of nitrogens with zero attached hydrogens (tertiary/aromatic N) is 1. The molecular weight excluding hydrogens is 382 g/mol. The van der Waals surface area contributed by atoms with Crippen LogP contribution < -0.4 is 10.2 Å². The normalized spacial score (nSPS) is 15.6. The standard InChI is InChI=1S/C24H19NO5/c1-14-8-9-19-18(11-14)22(26)20-21(15-5-3-6-16(12-15)28-2)25(24(27)23(20)30-19)13-17-7-4-10-29-17/h3-12,21H,13H2,1-2H3. The summed E-state index contributed by atoms with van der Waals surface area (Å²) in [6.07, 6.45) is 1.56. The third kappa shape index (κ3) is 2.80. The first kappa shape index (κ1) is 18.2. The minimum atomic E-state index is -0.603. The average molecular weight is 401 g/mol. The largest absolute Gasteiger partial charge is 0.497 e. The van der Waals surface area contributed by atoms with E-state index in [-0.39, 0.29) is 23.6 Å². The van der Waals surface area contributed by atoms with Crippen LogP contribution >= 0.6 is 0 Å². The van der Waals surface area contributed by atoms with Gasteiger partial charge in [0.15, 0.2) is 5.43 Å². The van der Waals surface area contributed by atoms with E-state index >= 15 is 0 Å². The van der Waals surface area contributed by atoms with Crippen LogP contribution in [0, 0.1) is 6.92 Å². The number of hydrogen-bond donors (Lipinski definition) is 0. The Balaban J connectivity index is 1.76. The third-order valence-electron chi connectivity index (χ3n) is 5.44. The van der Waals surface area contributed by atoms with Crippen LogP contribution in [-0.2, 0) is 6.54 Å². The highest BCUT2D eigenvalue weighted by atomic mass is 16.5. The van der Waals surface area contributed by atoms with Crippen molar-refractivity contribution in [3.8, 4) is 5.75 Å². The minimum Gasteiger partial charge on any atom is -0.497 e. The highest BCUT2D eigenvalue weighted by molar-refractivity contribution is 5.99. The Morgan fingerprint density at radius 3 is 2.70 bits per heavy atom. The number of rotatable bonds is 4. The predicted octanol–water partition coefficient (Wildman–Crippen LogP) is 4.45. The van der Waals surface area contributed by atoms with Gasteiger partial charge in [-0.15, -0.1) is 0 Å². The van der Waals surface area contributed by atoms with Gasteiger partial charge in [-0.2, -0.15) is 0 Å². The quantitative estimate of drug-likeness (QED) is 0.505. The minimum absolute atomic E-state index is 0.0794. The number of furan rings is 1. The van der Waals surface area contributed by atoms with Crippen LogP contribution in [0.3, 0.4) is 0 Å². The second-order valence-electron chi connectivity index (χ2n) is 7.37. The van der Waals surface area contributed by atoms with Crippen molar-refractivity contribution in [2.75, 3.05) is 7.11 Å². The number of hydrogen-bond acceptors (Lipinski definition) is 5. The van der Waals surface area contributed by atoms with Crippen molar-refractivity contribution in [2.24, 2.45) is 0 Å². The van der Waals surface area contributed by atoms with Gasteiger partial charge in [-0.3, -0.25) is 9.59 Å². The topological polar surface area (TPSA) is 72.9 Å². The molecule has 0 saturated carbocycles. The van der Waals surface area contributed by atoms with E-state index in [1.54, 1.807) is 42.5 Å². The van der Waals surface area contributed by atoms with Gasteiger partial charge in [0.2, 0.25) is 5.76 Å². The molecule has 0 aliphatic carbocycles. The SMILES string of the molecule is COc1cccc(C2c3c(oc4ccc(C)cc4c3=O)C(=O)N2Cc2ccco2)c1. The molecule has 6 heteroatoms. The fraction of sp³-hybridized carbons (Fsp3) is 0.167. The van der Waals surface area contributed by atoms with Crippen molar-refractivity contribution in [2.45, 2.75) is 19.5 Å². The number of benzene rings is 2. The van der Waals surface area contributed by atoms with Crippen LogP contribution in [0.2, 0.25) is 0 Å². The molecule has 1 atom stereocenters. The Morgan fingerprint density at radius 2 is 1.93 bits per heavy atom. The van der Waals surface area contributed by atoms with Gasteiger partial charge in [0.1, 0.15) is 17.1 Å². The summed E-state index contributed by atoms with van der Waals surface area (Å²) in [5, 5.41) is 0.467. The van der Waals surface area contributed by atoms with Crippen LogP contribution in [-0.4, -0.2) is 17.9 Å². The first-order chi connectivity index (χ1) is 14.6. The van der Waals surface area contributed by atoms with E-state index in [0.29, 0.717) is 28.0 Å². The molecule has 150 valence electrons. The zero-order valence-corrected chi connectivity index (χ0v) is 16.5. The van der Waals surface area contributed by atoms with Crippen LogP contribution in [0.15, 0.2) is 74.5 Å². The second kappa shape index (κ2) is 6.91. The molecular formula is C24H19NO5. The molecule has 2 aromatic heterocycles. The van der Waals surface area contributed by atoms with Crippen molar-refractivity contribution in [1.29, 1.82) is 0 Å². The maximum absolute atomic E-state index is 13.5. The number of ether oxygens (including phenoxy) is 1. The Labute approximate surface area is 172 Å². The van der Waals surface area contributed by atoms with E-state index in [4.69, 9.17) is 13.6 Å². The molecule has 0 fully saturated rings.